The standard InChI is InChI=1S/C27H27NO5/c1-17(2)33-15-14-28-24(19-10-12-22(32-3)13-11-19)23(26(30)27(28)31)25(29)21-9-8-18-6-4-5-7-20(18)16-21/h4-13,16-17,24,29H,14-15H2,1-3H3/b25-23-. The maximum absolute atomic E-state index is 13.1. The van der Waals surface area contributed by atoms with Crippen molar-refractivity contribution >= 4 is 28.2 Å². The summed E-state index contributed by atoms with van der Waals surface area (Å²) < 4.78 is 10.9. The number of hydrogen-bond donors (Lipinski definition) is 1. The third-order valence-electron chi connectivity index (χ3n) is 5.78. The van der Waals surface area contributed by atoms with E-state index in [0.717, 1.165) is 10.8 Å². The van der Waals surface area contributed by atoms with Gasteiger partial charge in [-0.3, -0.25) is 9.59 Å². The van der Waals surface area contributed by atoms with E-state index in [-0.39, 0.29) is 30.6 Å². The normalized spacial score (nSPS) is 17.8. The number of aliphatic hydroxyl groups is 1. The minimum atomic E-state index is -0.724. The summed E-state index contributed by atoms with van der Waals surface area (Å²) in [7, 11) is 1.57. The van der Waals surface area contributed by atoms with Crippen LogP contribution in [0.4, 0.5) is 0 Å². The summed E-state index contributed by atoms with van der Waals surface area (Å²) in [5, 5.41) is 13.2. The quantitative estimate of drug-likeness (QED) is 0.324. The Hall–Kier alpha value is -3.64. The molecule has 0 aliphatic carbocycles. The molecule has 33 heavy (non-hydrogen) atoms. The maximum Gasteiger partial charge on any atom is 0.295 e. The summed E-state index contributed by atoms with van der Waals surface area (Å²) in [5.41, 5.74) is 1.27. The third kappa shape index (κ3) is 4.47. The van der Waals surface area contributed by atoms with Crippen LogP contribution in [0.5, 0.6) is 5.75 Å². The number of amides is 1. The first-order valence-electron chi connectivity index (χ1n) is 10.9. The minimum absolute atomic E-state index is 0.00106. The summed E-state index contributed by atoms with van der Waals surface area (Å²) in [6.45, 7) is 4.34. The van der Waals surface area contributed by atoms with Crippen LogP contribution in [0.15, 0.2) is 72.3 Å². The molecule has 1 saturated heterocycles. The Bertz CT molecular complexity index is 1210. The Balaban J connectivity index is 1.81. The van der Waals surface area contributed by atoms with E-state index in [0.29, 0.717) is 16.9 Å². The lowest BCUT2D eigenvalue weighted by Crippen LogP contribution is -2.33. The molecule has 170 valence electrons. The van der Waals surface area contributed by atoms with Gasteiger partial charge in [-0.1, -0.05) is 48.5 Å². The van der Waals surface area contributed by atoms with Gasteiger partial charge >= 0.3 is 0 Å². The number of aliphatic hydroxyl groups excluding tert-OH is 1. The minimum Gasteiger partial charge on any atom is -0.507 e. The van der Waals surface area contributed by atoms with Gasteiger partial charge in [0.15, 0.2) is 0 Å². The van der Waals surface area contributed by atoms with E-state index in [4.69, 9.17) is 9.47 Å². The van der Waals surface area contributed by atoms with E-state index in [2.05, 4.69) is 0 Å². The number of benzene rings is 3. The van der Waals surface area contributed by atoms with Gasteiger partial charge in [0.25, 0.3) is 11.7 Å². The first-order chi connectivity index (χ1) is 15.9. The molecule has 1 aliphatic heterocycles. The zero-order valence-electron chi connectivity index (χ0n) is 18.9. The van der Waals surface area contributed by atoms with Crippen molar-refractivity contribution in [1.29, 1.82) is 0 Å². The molecule has 3 aromatic carbocycles. The van der Waals surface area contributed by atoms with Crippen LogP contribution in [0, 0.1) is 0 Å². The molecular weight excluding hydrogens is 418 g/mol. The molecule has 0 aromatic heterocycles. The Morgan fingerprint density at radius 2 is 1.70 bits per heavy atom. The molecule has 0 saturated carbocycles. The van der Waals surface area contributed by atoms with Gasteiger partial charge in [-0.2, -0.15) is 0 Å². The van der Waals surface area contributed by atoms with Crippen LogP contribution < -0.4 is 4.74 Å². The van der Waals surface area contributed by atoms with Crippen LogP contribution >= 0.6 is 0 Å². The van der Waals surface area contributed by atoms with E-state index >= 15 is 0 Å². The van der Waals surface area contributed by atoms with Gasteiger partial charge in [-0.15, -0.1) is 0 Å². The smallest absolute Gasteiger partial charge is 0.295 e. The van der Waals surface area contributed by atoms with Gasteiger partial charge < -0.3 is 19.5 Å². The second-order valence-electron chi connectivity index (χ2n) is 8.25. The zero-order chi connectivity index (χ0) is 23.5. The number of methoxy groups -OCH3 is 1. The number of carbonyl (C=O) groups excluding carboxylic acids is 2. The number of nitrogens with zero attached hydrogens (tertiary/aromatic N) is 1. The fourth-order valence-electron chi connectivity index (χ4n) is 4.12. The Kier molecular flexibility index (Phi) is 6.47. The van der Waals surface area contributed by atoms with Gasteiger partial charge in [-0.05, 0) is 48.4 Å². The van der Waals surface area contributed by atoms with Crippen molar-refractivity contribution in [1.82, 2.24) is 4.90 Å². The van der Waals surface area contributed by atoms with Crippen molar-refractivity contribution in [3.05, 3.63) is 83.4 Å². The Labute approximate surface area is 193 Å². The number of Topliss-reactive ketones (excluding diaryl/α,β-unsaturated/α-hetero) is 1. The first-order valence-corrected chi connectivity index (χ1v) is 10.9. The lowest BCUT2D eigenvalue weighted by atomic mass is 9.94. The summed E-state index contributed by atoms with van der Waals surface area (Å²) in [5.74, 6) is -0.878. The van der Waals surface area contributed by atoms with Crippen LogP contribution in [0.1, 0.15) is 31.0 Å². The van der Waals surface area contributed by atoms with Crippen molar-refractivity contribution in [2.75, 3.05) is 20.3 Å². The zero-order valence-corrected chi connectivity index (χ0v) is 18.9. The van der Waals surface area contributed by atoms with E-state index in [1.54, 1.807) is 37.4 Å². The largest absolute Gasteiger partial charge is 0.507 e. The van der Waals surface area contributed by atoms with E-state index in [9.17, 15) is 14.7 Å². The monoisotopic (exact) mass is 445 g/mol. The molecule has 3 aromatic rings. The van der Waals surface area contributed by atoms with Gasteiger partial charge in [-0.25, -0.2) is 0 Å². The number of hydrogen-bond acceptors (Lipinski definition) is 5. The second kappa shape index (κ2) is 9.46. The highest BCUT2D eigenvalue weighted by molar-refractivity contribution is 6.46. The number of likely N-dealkylation sites (tertiary alicyclic amines) is 1. The van der Waals surface area contributed by atoms with Crippen molar-refractivity contribution < 1.29 is 24.2 Å². The topological polar surface area (TPSA) is 76.1 Å². The highest BCUT2D eigenvalue weighted by atomic mass is 16.5. The molecule has 1 aliphatic rings. The molecular formula is C27H27NO5. The highest BCUT2D eigenvalue weighted by Crippen LogP contribution is 2.40. The SMILES string of the molecule is COc1ccc(C2/C(=C(/O)c3ccc4ccccc4c3)C(=O)C(=O)N2CCOC(C)C)cc1. The van der Waals surface area contributed by atoms with Gasteiger partial charge in [0, 0.05) is 12.1 Å². The van der Waals surface area contributed by atoms with Crippen LogP contribution in [0.25, 0.3) is 16.5 Å². The Morgan fingerprint density at radius 3 is 2.36 bits per heavy atom. The van der Waals surface area contributed by atoms with Crippen molar-refractivity contribution in [2.45, 2.75) is 26.0 Å². The molecule has 1 unspecified atom stereocenters. The van der Waals surface area contributed by atoms with Crippen molar-refractivity contribution in [3.8, 4) is 5.75 Å². The molecule has 1 amide bonds. The molecule has 1 atom stereocenters. The lowest BCUT2D eigenvalue weighted by Gasteiger charge is -2.25. The number of rotatable bonds is 7. The number of ether oxygens (including phenoxy) is 2. The molecule has 6 nitrogen and oxygen atoms in total. The average molecular weight is 446 g/mol. The van der Waals surface area contributed by atoms with Gasteiger partial charge in [0.2, 0.25) is 0 Å². The van der Waals surface area contributed by atoms with Crippen LogP contribution in [-0.2, 0) is 14.3 Å². The summed E-state index contributed by atoms with van der Waals surface area (Å²) in [6, 6.07) is 19.7. The summed E-state index contributed by atoms with van der Waals surface area (Å²) in [4.78, 5) is 27.6. The van der Waals surface area contributed by atoms with E-state index in [1.807, 2.05) is 50.2 Å². The second-order valence-corrected chi connectivity index (χ2v) is 8.25. The van der Waals surface area contributed by atoms with Crippen LogP contribution in [0.3, 0.4) is 0 Å². The fraction of sp³-hybridized carbons (Fsp3) is 0.259. The molecule has 4 rings (SSSR count). The Morgan fingerprint density at radius 1 is 1.00 bits per heavy atom. The molecule has 0 bridgehead atoms. The molecule has 0 spiro atoms. The molecule has 1 fully saturated rings. The molecule has 0 radical (unpaired) electrons. The molecule has 1 heterocycles. The fourth-order valence-corrected chi connectivity index (χ4v) is 4.12. The van der Waals surface area contributed by atoms with Crippen LogP contribution in [0.2, 0.25) is 0 Å². The third-order valence-corrected chi connectivity index (χ3v) is 5.78. The van der Waals surface area contributed by atoms with E-state index < -0.39 is 17.7 Å². The molecule has 1 N–H and O–H groups in total. The predicted molar refractivity (Wildman–Crippen MR) is 127 cm³/mol. The van der Waals surface area contributed by atoms with Gasteiger partial charge in [0.05, 0.1) is 31.4 Å². The molecule has 6 heteroatoms. The van der Waals surface area contributed by atoms with Crippen molar-refractivity contribution in [2.24, 2.45) is 0 Å². The number of fused-ring (bicyclic) bond motifs is 1. The number of ketones is 1. The summed E-state index contributed by atoms with van der Waals surface area (Å²) >= 11 is 0. The predicted octanol–water partition coefficient (Wildman–Crippen LogP) is 4.70. The maximum atomic E-state index is 13.1. The van der Waals surface area contributed by atoms with E-state index in [1.165, 1.54) is 4.90 Å². The highest BCUT2D eigenvalue weighted by Gasteiger charge is 2.45. The number of carbonyl (C=O) groups is 2. The summed E-state index contributed by atoms with van der Waals surface area (Å²) in [6.07, 6.45) is -0.00106. The van der Waals surface area contributed by atoms with Gasteiger partial charge in [0.1, 0.15) is 11.5 Å². The van der Waals surface area contributed by atoms with Crippen molar-refractivity contribution in [3.63, 3.8) is 0 Å². The van der Waals surface area contributed by atoms with Crippen LogP contribution in [-0.4, -0.2) is 48.1 Å². The first kappa shape index (κ1) is 22.6. The average Bonchev–Trinajstić information content (AvgIpc) is 3.08. The lowest BCUT2D eigenvalue weighted by molar-refractivity contribution is -0.140.